The van der Waals surface area contributed by atoms with Crippen LogP contribution in [-0.4, -0.2) is 62.7 Å². The van der Waals surface area contributed by atoms with E-state index < -0.39 is 0 Å². The smallest absolute Gasteiger partial charge is 0.0132 e. The predicted octanol–water partition coefficient (Wildman–Crippen LogP) is 0.232. The van der Waals surface area contributed by atoms with E-state index in [2.05, 4.69) is 29.2 Å². The van der Waals surface area contributed by atoms with E-state index in [9.17, 15) is 0 Å². The molecule has 2 unspecified atom stereocenters. The van der Waals surface area contributed by atoms with Crippen molar-refractivity contribution in [3.05, 3.63) is 0 Å². The van der Waals surface area contributed by atoms with Crippen LogP contribution in [-0.2, 0) is 0 Å². The van der Waals surface area contributed by atoms with Crippen LogP contribution in [0.4, 0.5) is 0 Å². The van der Waals surface area contributed by atoms with Gasteiger partial charge in [-0.05, 0) is 52.5 Å². The molecule has 0 aromatic carbocycles. The van der Waals surface area contributed by atoms with Crippen LogP contribution in [0.2, 0.25) is 0 Å². The summed E-state index contributed by atoms with van der Waals surface area (Å²) < 4.78 is 0. The molecule has 0 spiro atoms. The number of likely N-dealkylation sites (tertiary alicyclic amines) is 1. The SMILES string of the molecule is CN1CCCNC2CCN(C)CC2C1. The number of nitrogens with zero attached hydrogens (tertiary/aromatic N) is 2. The van der Waals surface area contributed by atoms with Crippen molar-refractivity contribution in [2.45, 2.75) is 18.9 Å². The Morgan fingerprint density at radius 1 is 1.07 bits per heavy atom. The first kappa shape index (κ1) is 10.4. The van der Waals surface area contributed by atoms with Crippen molar-refractivity contribution >= 4 is 0 Å². The molecule has 0 aromatic heterocycles. The average Bonchev–Trinajstić information content (AvgIpc) is 2.12. The van der Waals surface area contributed by atoms with Crippen molar-refractivity contribution in [2.75, 3.05) is 46.8 Å². The molecule has 2 rings (SSSR count). The molecule has 0 bridgehead atoms. The van der Waals surface area contributed by atoms with Gasteiger partial charge in [0.2, 0.25) is 0 Å². The maximum Gasteiger partial charge on any atom is 0.0132 e. The second-order valence-electron chi connectivity index (χ2n) is 4.99. The van der Waals surface area contributed by atoms with Crippen molar-refractivity contribution in [2.24, 2.45) is 5.92 Å². The van der Waals surface area contributed by atoms with E-state index in [4.69, 9.17) is 0 Å². The Morgan fingerprint density at radius 2 is 1.79 bits per heavy atom. The van der Waals surface area contributed by atoms with Gasteiger partial charge in [-0.3, -0.25) is 0 Å². The van der Waals surface area contributed by atoms with Gasteiger partial charge in [0.1, 0.15) is 0 Å². The number of hydrogen-bond donors (Lipinski definition) is 1. The van der Waals surface area contributed by atoms with Crippen LogP contribution < -0.4 is 5.32 Å². The molecule has 82 valence electrons. The van der Waals surface area contributed by atoms with Gasteiger partial charge in [0, 0.05) is 19.1 Å². The van der Waals surface area contributed by atoms with E-state index in [0.29, 0.717) is 0 Å². The van der Waals surface area contributed by atoms with Crippen LogP contribution in [0.5, 0.6) is 0 Å². The molecule has 0 aromatic rings. The van der Waals surface area contributed by atoms with Gasteiger partial charge in [-0.1, -0.05) is 0 Å². The Hall–Kier alpha value is -0.120. The Morgan fingerprint density at radius 3 is 2.57 bits per heavy atom. The lowest BCUT2D eigenvalue weighted by molar-refractivity contribution is 0.117. The first-order chi connectivity index (χ1) is 6.75. The predicted molar refractivity (Wildman–Crippen MR) is 59.5 cm³/mol. The molecule has 3 nitrogen and oxygen atoms in total. The normalized spacial score (nSPS) is 37.3. The molecular formula is C11H23N3. The van der Waals surface area contributed by atoms with Crippen LogP contribution in [0.1, 0.15) is 12.8 Å². The van der Waals surface area contributed by atoms with E-state index in [0.717, 1.165) is 12.0 Å². The van der Waals surface area contributed by atoms with Gasteiger partial charge in [-0.25, -0.2) is 0 Å². The molecule has 14 heavy (non-hydrogen) atoms. The summed E-state index contributed by atoms with van der Waals surface area (Å²) >= 11 is 0. The Balaban J connectivity index is 1.96. The first-order valence-electron chi connectivity index (χ1n) is 5.86. The summed E-state index contributed by atoms with van der Waals surface area (Å²) in [6, 6.07) is 0.772. The topological polar surface area (TPSA) is 18.5 Å². The fraction of sp³-hybridized carbons (Fsp3) is 1.00. The monoisotopic (exact) mass is 197 g/mol. The van der Waals surface area contributed by atoms with Gasteiger partial charge < -0.3 is 15.1 Å². The highest BCUT2D eigenvalue weighted by Crippen LogP contribution is 2.18. The zero-order valence-corrected chi connectivity index (χ0v) is 9.50. The summed E-state index contributed by atoms with van der Waals surface area (Å²) in [5, 5.41) is 3.71. The van der Waals surface area contributed by atoms with Crippen molar-refractivity contribution in [1.29, 1.82) is 0 Å². The van der Waals surface area contributed by atoms with Crippen LogP contribution >= 0.6 is 0 Å². The highest BCUT2D eigenvalue weighted by atomic mass is 15.2. The number of nitrogens with one attached hydrogen (secondary N) is 1. The maximum absolute atomic E-state index is 3.71. The van der Waals surface area contributed by atoms with Crippen LogP contribution in [0, 0.1) is 5.92 Å². The van der Waals surface area contributed by atoms with Gasteiger partial charge in [-0.2, -0.15) is 0 Å². The van der Waals surface area contributed by atoms with Crippen molar-refractivity contribution in [1.82, 2.24) is 15.1 Å². The fourth-order valence-electron chi connectivity index (χ4n) is 2.80. The number of hydrogen-bond acceptors (Lipinski definition) is 3. The van der Waals surface area contributed by atoms with Crippen LogP contribution in [0.15, 0.2) is 0 Å². The Labute approximate surface area is 87.4 Å². The lowest BCUT2D eigenvalue weighted by Gasteiger charge is -2.40. The third-order valence-corrected chi connectivity index (χ3v) is 3.61. The molecule has 2 aliphatic rings. The van der Waals surface area contributed by atoms with Gasteiger partial charge in [-0.15, -0.1) is 0 Å². The molecule has 0 radical (unpaired) electrons. The Kier molecular flexibility index (Phi) is 3.42. The average molecular weight is 197 g/mol. The zero-order chi connectivity index (χ0) is 9.97. The Bertz CT molecular complexity index is 181. The summed E-state index contributed by atoms with van der Waals surface area (Å²) in [6.07, 6.45) is 2.63. The third kappa shape index (κ3) is 2.47. The molecule has 2 heterocycles. The minimum absolute atomic E-state index is 0.772. The number of rotatable bonds is 0. The molecule has 0 saturated carbocycles. The summed E-state index contributed by atoms with van der Waals surface area (Å²) in [6.45, 7) is 6.25. The quantitative estimate of drug-likeness (QED) is 0.600. The highest BCUT2D eigenvalue weighted by Gasteiger charge is 2.28. The van der Waals surface area contributed by atoms with Gasteiger partial charge >= 0.3 is 0 Å². The number of piperidine rings is 1. The number of fused-ring (bicyclic) bond motifs is 1. The van der Waals surface area contributed by atoms with Crippen molar-refractivity contribution < 1.29 is 0 Å². The summed E-state index contributed by atoms with van der Waals surface area (Å²) in [7, 11) is 4.51. The zero-order valence-electron chi connectivity index (χ0n) is 9.50. The van der Waals surface area contributed by atoms with Crippen molar-refractivity contribution in [3.63, 3.8) is 0 Å². The minimum atomic E-state index is 0.772. The van der Waals surface area contributed by atoms with Gasteiger partial charge in [0.15, 0.2) is 0 Å². The summed E-state index contributed by atoms with van der Waals surface area (Å²) in [4.78, 5) is 4.97. The molecule has 3 heteroatoms. The van der Waals surface area contributed by atoms with Crippen LogP contribution in [0.25, 0.3) is 0 Å². The molecule has 0 amide bonds. The van der Waals surface area contributed by atoms with Gasteiger partial charge in [0.25, 0.3) is 0 Å². The largest absolute Gasteiger partial charge is 0.314 e. The molecule has 1 N–H and O–H groups in total. The molecular weight excluding hydrogens is 174 g/mol. The van der Waals surface area contributed by atoms with Crippen molar-refractivity contribution in [3.8, 4) is 0 Å². The van der Waals surface area contributed by atoms with E-state index in [1.807, 2.05) is 0 Å². The molecule has 2 fully saturated rings. The highest BCUT2D eigenvalue weighted by molar-refractivity contribution is 4.87. The van der Waals surface area contributed by atoms with E-state index >= 15 is 0 Å². The minimum Gasteiger partial charge on any atom is -0.314 e. The fourth-order valence-corrected chi connectivity index (χ4v) is 2.80. The molecule has 2 aliphatic heterocycles. The standard InChI is InChI=1S/C11H23N3/c1-13-6-3-5-12-11-4-7-14(2)9-10(11)8-13/h10-12H,3-9H2,1-2H3. The lowest BCUT2D eigenvalue weighted by Crippen LogP contribution is -2.53. The van der Waals surface area contributed by atoms with Gasteiger partial charge in [0.05, 0.1) is 0 Å². The lowest BCUT2D eigenvalue weighted by atomic mass is 9.91. The van der Waals surface area contributed by atoms with E-state index in [-0.39, 0.29) is 0 Å². The molecule has 0 aliphatic carbocycles. The van der Waals surface area contributed by atoms with E-state index in [1.165, 1.54) is 45.6 Å². The summed E-state index contributed by atoms with van der Waals surface area (Å²) in [5.74, 6) is 0.832. The first-order valence-corrected chi connectivity index (χ1v) is 5.86. The second kappa shape index (κ2) is 4.60. The summed E-state index contributed by atoms with van der Waals surface area (Å²) in [5.41, 5.74) is 0. The third-order valence-electron chi connectivity index (χ3n) is 3.61. The molecule has 2 atom stereocenters. The van der Waals surface area contributed by atoms with E-state index in [1.54, 1.807) is 0 Å². The maximum atomic E-state index is 3.71. The molecule has 2 saturated heterocycles. The second-order valence-corrected chi connectivity index (χ2v) is 4.99. The van der Waals surface area contributed by atoms with Crippen LogP contribution in [0.3, 0.4) is 0 Å².